The predicted octanol–water partition coefficient (Wildman–Crippen LogP) is 2.25. The average Bonchev–Trinajstić information content (AvgIpc) is 2.97. The number of hydrogen-bond donors (Lipinski definition) is 4. The van der Waals surface area contributed by atoms with Gasteiger partial charge >= 0.3 is 0 Å². The van der Waals surface area contributed by atoms with Crippen molar-refractivity contribution in [3.63, 3.8) is 0 Å². The summed E-state index contributed by atoms with van der Waals surface area (Å²) < 4.78 is 0. The molecule has 1 aliphatic carbocycles. The minimum atomic E-state index is -1.15. The molecule has 2 aromatic carbocycles. The van der Waals surface area contributed by atoms with Crippen LogP contribution in [0.25, 0.3) is 10.8 Å². The summed E-state index contributed by atoms with van der Waals surface area (Å²) in [6.45, 7) is 2.79. The Hall–Kier alpha value is -4.02. The molecule has 2 radical (unpaired) electrons. The van der Waals surface area contributed by atoms with Crippen LogP contribution in [0.3, 0.4) is 0 Å². The van der Waals surface area contributed by atoms with Gasteiger partial charge in [-0.2, -0.15) is 0 Å². The van der Waals surface area contributed by atoms with Crippen LogP contribution in [-0.4, -0.2) is 67.6 Å². The van der Waals surface area contributed by atoms with Crippen LogP contribution in [0.4, 0.5) is 4.79 Å². The second-order valence-electron chi connectivity index (χ2n) is 10.9. The molecule has 11 heteroatoms. The fourth-order valence-corrected chi connectivity index (χ4v) is 5.37. The van der Waals surface area contributed by atoms with E-state index in [9.17, 15) is 28.8 Å². The Balaban J connectivity index is 1.86. The van der Waals surface area contributed by atoms with Crippen LogP contribution in [0.1, 0.15) is 64.4 Å². The maximum atomic E-state index is 13.7. The molecule has 2 aromatic rings. The maximum absolute atomic E-state index is 13.7. The number of amides is 4. The molecule has 0 spiro atoms. The molecule has 4 N–H and O–H groups in total. The minimum absolute atomic E-state index is 0.0972. The quantitative estimate of drug-likeness (QED) is 0.201. The molecule has 1 saturated carbocycles. The van der Waals surface area contributed by atoms with Crippen molar-refractivity contribution in [2.75, 3.05) is 6.54 Å². The number of benzene rings is 2. The largest absolute Gasteiger partial charge is 0.354 e. The van der Waals surface area contributed by atoms with Crippen molar-refractivity contribution in [2.24, 2.45) is 5.92 Å². The van der Waals surface area contributed by atoms with Crippen molar-refractivity contribution < 1.29 is 28.8 Å². The first-order valence-electron chi connectivity index (χ1n) is 14.5. The molecule has 0 saturated heterocycles. The molecule has 3 rings (SSSR count). The molecule has 1 aliphatic rings. The molecule has 0 heterocycles. The van der Waals surface area contributed by atoms with E-state index in [4.69, 9.17) is 7.85 Å². The highest BCUT2D eigenvalue weighted by molar-refractivity contribution is 6.57. The van der Waals surface area contributed by atoms with E-state index in [0.717, 1.165) is 48.4 Å². The second kappa shape index (κ2) is 15.8. The van der Waals surface area contributed by atoms with Gasteiger partial charge in [-0.1, -0.05) is 75.1 Å². The molecule has 42 heavy (non-hydrogen) atoms. The number of Topliss-reactive ketones (excluding diaryl/α,β-unsaturated/α-hetero) is 2. The lowest BCUT2D eigenvalue weighted by Crippen LogP contribution is -2.58. The molecule has 10 nitrogen and oxygen atoms in total. The van der Waals surface area contributed by atoms with E-state index in [2.05, 4.69) is 21.3 Å². The lowest BCUT2D eigenvalue weighted by Gasteiger charge is -2.31. The summed E-state index contributed by atoms with van der Waals surface area (Å²) in [5, 5.41) is 12.2. The molecule has 1 fully saturated rings. The van der Waals surface area contributed by atoms with Gasteiger partial charge in [0, 0.05) is 6.42 Å². The standard InChI is InChI=1S/C31H39BN4O6/c1-3-9-24(27(38)30(41)33-18-19(2)37)34-28(39)25(17-20-14-15-21-10-7-8-13-23(21)16-20)35-29(40)26(36-31(32)42)22-11-5-4-6-12-22/h7-8,10,13-16,22,24-26H,3-6,9,11-12,17-18H2,1-2H3,(H,33,41)(H,34,39)(H,35,40)(H,36,42)/t24?,25-,26-/m0/s1. The van der Waals surface area contributed by atoms with Crippen molar-refractivity contribution in [2.45, 2.75) is 83.3 Å². The molecule has 0 bridgehead atoms. The van der Waals surface area contributed by atoms with Crippen LogP contribution in [0.2, 0.25) is 0 Å². The van der Waals surface area contributed by atoms with Crippen LogP contribution in [0, 0.1) is 5.92 Å². The van der Waals surface area contributed by atoms with Gasteiger partial charge in [0.1, 0.15) is 17.9 Å². The van der Waals surface area contributed by atoms with E-state index in [1.165, 1.54) is 6.92 Å². The highest BCUT2D eigenvalue weighted by atomic mass is 16.2. The van der Waals surface area contributed by atoms with Gasteiger partial charge in [0.05, 0.1) is 12.6 Å². The highest BCUT2D eigenvalue weighted by Gasteiger charge is 2.34. The average molecular weight is 574 g/mol. The summed E-state index contributed by atoms with van der Waals surface area (Å²) in [7, 11) is 5.40. The fraction of sp³-hybridized carbons (Fsp3) is 0.484. The molecular formula is C31H39BN4O6. The third kappa shape index (κ3) is 9.53. The van der Waals surface area contributed by atoms with Gasteiger partial charge in [0.15, 0.2) is 5.81 Å². The number of rotatable bonds is 14. The van der Waals surface area contributed by atoms with Crippen LogP contribution in [0.5, 0.6) is 0 Å². The molecular weight excluding hydrogens is 535 g/mol. The predicted molar refractivity (Wildman–Crippen MR) is 160 cm³/mol. The van der Waals surface area contributed by atoms with Crippen LogP contribution >= 0.6 is 0 Å². The highest BCUT2D eigenvalue weighted by Crippen LogP contribution is 2.27. The Morgan fingerprint density at radius 2 is 1.52 bits per heavy atom. The number of nitrogens with one attached hydrogen (secondary N) is 4. The molecule has 3 atom stereocenters. The van der Waals surface area contributed by atoms with E-state index >= 15 is 0 Å². The van der Waals surface area contributed by atoms with Gasteiger partial charge in [-0.05, 0) is 48.4 Å². The van der Waals surface area contributed by atoms with Gasteiger partial charge < -0.3 is 21.3 Å². The summed E-state index contributed by atoms with van der Waals surface area (Å²) in [5.74, 6) is -4.32. The lowest BCUT2D eigenvalue weighted by atomic mass is 9.83. The fourth-order valence-electron chi connectivity index (χ4n) is 5.37. The monoisotopic (exact) mass is 574 g/mol. The summed E-state index contributed by atoms with van der Waals surface area (Å²) in [4.78, 5) is 75.6. The first-order valence-corrected chi connectivity index (χ1v) is 14.5. The SMILES string of the molecule is [B]C(=O)N[C@H](C(=O)N[C@@H](Cc1ccc2ccccc2c1)C(=O)NC(CCC)C(=O)C(=O)NCC(C)=O)C1CCCCC1. The number of carbonyl (C=O) groups is 6. The van der Waals surface area contributed by atoms with Crippen molar-refractivity contribution in [3.05, 3.63) is 48.0 Å². The molecule has 1 unspecified atom stereocenters. The number of ketones is 2. The van der Waals surface area contributed by atoms with Crippen LogP contribution in [0.15, 0.2) is 42.5 Å². The zero-order valence-corrected chi connectivity index (χ0v) is 24.2. The van der Waals surface area contributed by atoms with E-state index in [1.807, 2.05) is 42.5 Å². The second-order valence-corrected chi connectivity index (χ2v) is 10.9. The molecule has 0 aromatic heterocycles. The third-order valence-electron chi connectivity index (χ3n) is 7.52. The maximum Gasteiger partial charge on any atom is 0.289 e. The molecule has 222 valence electrons. The zero-order chi connectivity index (χ0) is 30.6. The van der Waals surface area contributed by atoms with Gasteiger partial charge in [-0.3, -0.25) is 28.8 Å². The summed E-state index contributed by atoms with van der Waals surface area (Å²) in [5.41, 5.74) is 0.767. The summed E-state index contributed by atoms with van der Waals surface area (Å²) in [6.07, 6.45) is 5.13. The van der Waals surface area contributed by atoms with Crippen molar-refractivity contribution in [1.29, 1.82) is 0 Å². The van der Waals surface area contributed by atoms with E-state index in [1.54, 1.807) is 6.92 Å². The molecule has 4 amide bonds. The zero-order valence-electron chi connectivity index (χ0n) is 24.2. The smallest absolute Gasteiger partial charge is 0.289 e. The number of carbonyl (C=O) groups excluding carboxylic acids is 6. The Morgan fingerprint density at radius 3 is 2.17 bits per heavy atom. The first-order chi connectivity index (χ1) is 20.1. The minimum Gasteiger partial charge on any atom is -0.354 e. The summed E-state index contributed by atoms with van der Waals surface area (Å²) in [6, 6.07) is 10.3. The van der Waals surface area contributed by atoms with E-state index in [0.29, 0.717) is 6.42 Å². The van der Waals surface area contributed by atoms with Crippen LogP contribution in [-0.2, 0) is 30.4 Å². The Morgan fingerprint density at radius 1 is 0.857 bits per heavy atom. The third-order valence-corrected chi connectivity index (χ3v) is 7.52. The summed E-state index contributed by atoms with van der Waals surface area (Å²) >= 11 is 0. The van der Waals surface area contributed by atoms with Gasteiger partial charge in [-0.15, -0.1) is 0 Å². The van der Waals surface area contributed by atoms with Crippen molar-refractivity contribution >= 4 is 53.7 Å². The van der Waals surface area contributed by atoms with Crippen molar-refractivity contribution in [1.82, 2.24) is 21.3 Å². The van der Waals surface area contributed by atoms with E-state index in [-0.39, 0.29) is 31.1 Å². The topological polar surface area (TPSA) is 151 Å². The van der Waals surface area contributed by atoms with Crippen molar-refractivity contribution in [3.8, 4) is 0 Å². The first kappa shape index (κ1) is 32.5. The number of hydrogen-bond acceptors (Lipinski definition) is 6. The van der Waals surface area contributed by atoms with Gasteiger partial charge in [0.2, 0.25) is 25.4 Å². The number of fused-ring (bicyclic) bond motifs is 1. The molecule has 0 aliphatic heterocycles. The normalized spacial score (nSPS) is 15.6. The van der Waals surface area contributed by atoms with Crippen LogP contribution < -0.4 is 21.3 Å². The Kier molecular flexibility index (Phi) is 12.3. The Bertz CT molecular complexity index is 1310. The lowest BCUT2D eigenvalue weighted by molar-refractivity contribution is -0.141. The Labute approximate surface area is 247 Å². The van der Waals surface area contributed by atoms with E-state index < -0.39 is 47.4 Å². The van der Waals surface area contributed by atoms with Gasteiger partial charge in [0.25, 0.3) is 5.91 Å². The van der Waals surface area contributed by atoms with Gasteiger partial charge in [-0.25, -0.2) is 0 Å².